The van der Waals surface area contributed by atoms with Crippen molar-refractivity contribution in [1.82, 2.24) is 4.90 Å². The lowest BCUT2D eigenvalue weighted by Crippen LogP contribution is -2.47. The quantitative estimate of drug-likeness (QED) is 0.856. The van der Waals surface area contributed by atoms with Crippen LogP contribution in [0, 0.1) is 0 Å². The summed E-state index contributed by atoms with van der Waals surface area (Å²) in [5.74, 6) is 0. The van der Waals surface area contributed by atoms with Gasteiger partial charge in [-0.15, -0.1) is 0 Å². The second-order valence-corrected chi connectivity index (χ2v) is 6.31. The summed E-state index contributed by atoms with van der Waals surface area (Å²) in [4.78, 5) is 2.23. The highest BCUT2D eigenvalue weighted by Gasteiger charge is 2.27. The van der Waals surface area contributed by atoms with E-state index in [-0.39, 0.29) is 6.04 Å². The summed E-state index contributed by atoms with van der Waals surface area (Å²) in [7, 11) is 0. The Morgan fingerprint density at radius 1 is 0.917 bits per heavy atom. The van der Waals surface area contributed by atoms with Gasteiger partial charge in [-0.2, -0.15) is 0 Å². The van der Waals surface area contributed by atoms with Crippen LogP contribution < -0.4 is 0 Å². The fourth-order valence-electron chi connectivity index (χ4n) is 3.22. The third-order valence-corrected chi connectivity index (χ3v) is 4.62. The molecule has 1 fully saturated rings. The molecular weight excluding hydrogens is 302 g/mol. The molecule has 3 rings (SSSR count). The topological polar surface area (TPSA) is 52.9 Å². The zero-order chi connectivity index (χ0) is 16.8. The molecule has 0 saturated carbocycles. The summed E-state index contributed by atoms with van der Waals surface area (Å²) in [5, 5.41) is 21.0. The normalized spacial score (nSPS) is 21.3. The Kier molecular flexibility index (Phi) is 5.99. The minimum Gasteiger partial charge on any atom is -0.388 e. The summed E-state index contributed by atoms with van der Waals surface area (Å²) in [5.41, 5.74) is 1.85. The van der Waals surface area contributed by atoms with Crippen LogP contribution >= 0.6 is 0 Å². The summed E-state index contributed by atoms with van der Waals surface area (Å²) < 4.78 is 5.60. The molecule has 1 saturated heterocycles. The molecule has 1 aliphatic rings. The summed E-state index contributed by atoms with van der Waals surface area (Å²) in [6.07, 6.45) is -0.444. The van der Waals surface area contributed by atoms with E-state index in [0.29, 0.717) is 26.2 Å². The fourth-order valence-corrected chi connectivity index (χ4v) is 3.22. The molecule has 0 spiro atoms. The van der Waals surface area contributed by atoms with Gasteiger partial charge in [0.05, 0.1) is 25.4 Å². The van der Waals surface area contributed by atoms with Crippen LogP contribution in [0.2, 0.25) is 0 Å². The molecular formula is C20H25NO3. The van der Waals surface area contributed by atoms with Gasteiger partial charge in [-0.25, -0.2) is 0 Å². The lowest BCUT2D eigenvalue weighted by atomic mass is 10.00. The number of morpholine rings is 1. The van der Waals surface area contributed by atoms with E-state index in [0.717, 1.165) is 17.7 Å². The van der Waals surface area contributed by atoms with Crippen molar-refractivity contribution in [2.24, 2.45) is 0 Å². The van der Waals surface area contributed by atoms with Crippen molar-refractivity contribution >= 4 is 0 Å². The molecule has 0 bridgehead atoms. The van der Waals surface area contributed by atoms with E-state index < -0.39 is 12.2 Å². The van der Waals surface area contributed by atoms with Crippen molar-refractivity contribution in [2.45, 2.75) is 24.7 Å². The van der Waals surface area contributed by atoms with Gasteiger partial charge in [0.15, 0.2) is 0 Å². The van der Waals surface area contributed by atoms with E-state index in [1.54, 1.807) is 0 Å². The van der Waals surface area contributed by atoms with Crippen molar-refractivity contribution in [2.75, 3.05) is 26.3 Å². The molecule has 0 aliphatic carbocycles. The van der Waals surface area contributed by atoms with Gasteiger partial charge >= 0.3 is 0 Å². The highest BCUT2D eigenvalue weighted by atomic mass is 16.5. The summed E-state index contributed by atoms with van der Waals surface area (Å²) in [6, 6.07) is 19.5. The number of ether oxygens (including phenoxy) is 1. The van der Waals surface area contributed by atoms with Crippen LogP contribution in [0.25, 0.3) is 0 Å². The number of hydrogen-bond acceptors (Lipinski definition) is 4. The Hall–Kier alpha value is -1.72. The van der Waals surface area contributed by atoms with Crippen LogP contribution in [0.1, 0.15) is 29.8 Å². The van der Waals surface area contributed by atoms with Crippen LogP contribution in [0.4, 0.5) is 0 Å². The molecule has 1 heterocycles. The third-order valence-electron chi connectivity index (χ3n) is 4.62. The molecule has 4 nitrogen and oxygen atoms in total. The van der Waals surface area contributed by atoms with Gasteiger partial charge in [0.25, 0.3) is 0 Å². The molecule has 24 heavy (non-hydrogen) atoms. The molecule has 2 aromatic carbocycles. The number of β-amino-alcohol motifs (C(OH)–C–C–N with tert-alkyl or cyclic N) is 1. The Morgan fingerprint density at radius 3 is 2.12 bits per heavy atom. The predicted octanol–water partition coefficient (Wildman–Crippen LogP) is 2.54. The molecule has 128 valence electrons. The first-order valence-electron chi connectivity index (χ1n) is 8.52. The zero-order valence-corrected chi connectivity index (χ0v) is 13.8. The highest BCUT2D eigenvalue weighted by molar-refractivity contribution is 5.18. The van der Waals surface area contributed by atoms with Gasteiger partial charge < -0.3 is 14.9 Å². The van der Waals surface area contributed by atoms with Crippen LogP contribution in [0.3, 0.4) is 0 Å². The lowest BCUT2D eigenvalue weighted by Gasteiger charge is -2.37. The van der Waals surface area contributed by atoms with Gasteiger partial charge in [0, 0.05) is 19.1 Å². The first-order chi connectivity index (χ1) is 11.7. The van der Waals surface area contributed by atoms with Crippen LogP contribution in [-0.4, -0.2) is 47.5 Å². The van der Waals surface area contributed by atoms with E-state index >= 15 is 0 Å². The zero-order valence-electron chi connectivity index (χ0n) is 13.8. The van der Waals surface area contributed by atoms with E-state index in [1.807, 2.05) is 60.7 Å². The van der Waals surface area contributed by atoms with E-state index in [4.69, 9.17) is 4.74 Å². The number of nitrogens with zero attached hydrogens (tertiary/aromatic N) is 1. The SMILES string of the molecule is OC(CC1COCCN1CC(O)c1ccccc1)c1ccccc1. The molecule has 0 amide bonds. The lowest BCUT2D eigenvalue weighted by molar-refractivity contribution is -0.0423. The van der Waals surface area contributed by atoms with Crippen molar-refractivity contribution in [3.8, 4) is 0 Å². The molecule has 0 aromatic heterocycles. The maximum absolute atomic E-state index is 10.5. The van der Waals surface area contributed by atoms with E-state index in [2.05, 4.69) is 4.90 Å². The van der Waals surface area contributed by atoms with E-state index in [9.17, 15) is 10.2 Å². The summed E-state index contributed by atoms with van der Waals surface area (Å²) >= 11 is 0. The predicted molar refractivity (Wildman–Crippen MR) is 93.6 cm³/mol. The van der Waals surface area contributed by atoms with Gasteiger partial charge in [0.2, 0.25) is 0 Å². The average molecular weight is 327 g/mol. The van der Waals surface area contributed by atoms with Crippen molar-refractivity contribution in [3.05, 3.63) is 71.8 Å². The van der Waals surface area contributed by atoms with Crippen molar-refractivity contribution < 1.29 is 14.9 Å². The van der Waals surface area contributed by atoms with Crippen molar-refractivity contribution in [1.29, 1.82) is 0 Å². The Morgan fingerprint density at radius 2 is 1.50 bits per heavy atom. The Balaban J connectivity index is 1.63. The highest BCUT2D eigenvalue weighted by Crippen LogP contribution is 2.24. The van der Waals surface area contributed by atoms with Crippen LogP contribution in [0.5, 0.6) is 0 Å². The Bertz CT molecular complexity index is 549. The first-order valence-corrected chi connectivity index (χ1v) is 8.52. The molecule has 4 heteroatoms. The molecule has 2 aromatic rings. The maximum atomic E-state index is 10.5. The number of rotatable bonds is 6. The smallest absolute Gasteiger partial charge is 0.0917 e. The molecule has 1 aliphatic heterocycles. The molecule has 3 unspecified atom stereocenters. The van der Waals surface area contributed by atoms with Crippen molar-refractivity contribution in [3.63, 3.8) is 0 Å². The largest absolute Gasteiger partial charge is 0.388 e. The van der Waals surface area contributed by atoms with Gasteiger partial charge in [-0.1, -0.05) is 60.7 Å². The molecule has 2 N–H and O–H groups in total. The van der Waals surface area contributed by atoms with Gasteiger partial charge in [-0.3, -0.25) is 4.90 Å². The number of hydrogen-bond donors (Lipinski definition) is 2. The maximum Gasteiger partial charge on any atom is 0.0917 e. The standard InChI is InChI=1S/C20H25NO3/c22-19(16-7-3-1-4-8-16)13-18-15-24-12-11-21(18)14-20(23)17-9-5-2-6-10-17/h1-10,18-20,22-23H,11-15H2. The number of aliphatic hydroxyl groups is 2. The molecule has 3 atom stereocenters. The van der Waals surface area contributed by atoms with Gasteiger partial charge in [-0.05, 0) is 17.5 Å². The second-order valence-electron chi connectivity index (χ2n) is 6.31. The number of benzene rings is 2. The minimum absolute atomic E-state index is 0.104. The minimum atomic E-state index is -0.527. The summed E-state index contributed by atoms with van der Waals surface area (Å²) in [6.45, 7) is 2.58. The Labute approximate surface area is 143 Å². The average Bonchev–Trinajstić information content (AvgIpc) is 2.64. The first kappa shape index (κ1) is 17.1. The van der Waals surface area contributed by atoms with Crippen LogP contribution in [-0.2, 0) is 4.74 Å². The van der Waals surface area contributed by atoms with Crippen LogP contribution in [0.15, 0.2) is 60.7 Å². The van der Waals surface area contributed by atoms with E-state index in [1.165, 1.54) is 0 Å². The van der Waals surface area contributed by atoms with Gasteiger partial charge in [0.1, 0.15) is 0 Å². The second kappa shape index (κ2) is 8.40. The third kappa shape index (κ3) is 4.42. The monoisotopic (exact) mass is 327 g/mol. The molecule has 0 radical (unpaired) electrons. The fraction of sp³-hybridized carbons (Fsp3) is 0.400. The number of aliphatic hydroxyl groups excluding tert-OH is 2.